The molecule has 0 aliphatic carbocycles. The summed E-state index contributed by atoms with van der Waals surface area (Å²) in [7, 11) is 2.98. The number of benzene rings is 3. The van der Waals surface area contributed by atoms with Gasteiger partial charge in [0.2, 0.25) is 5.91 Å². The zero-order chi connectivity index (χ0) is 27.2. The third-order valence-corrected chi connectivity index (χ3v) is 7.01. The molecule has 0 atom stereocenters. The summed E-state index contributed by atoms with van der Waals surface area (Å²) < 4.78 is 16.4. The predicted octanol–water partition coefficient (Wildman–Crippen LogP) is 6.26. The smallest absolute Gasteiger partial charge is 0.294 e. The minimum Gasteiger partial charge on any atom is -0.495 e. The maximum absolute atomic E-state index is 12.9. The molecule has 0 saturated carbocycles. The Morgan fingerprint density at radius 1 is 0.947 bits per heavy atom. The van der Waals surface area contributed by atoms with Gasteiger partial charge < -0.3 is 19.5 Å². The Bertz CT molecular complexity index is 1430. The van der Waals surface area contributed by atoms with Gasteiger partial charge in [0.15, 0.2) is 11.5 Å². The molecule has 38 heavy (non-hydrogen) atoms. The highest BCUT2D eigenvalue weighted by atomic mass is 35.5. The number of anilines is 1. The Labute approximate surface area is 233 Å². The SMILES string of the molecule is COc1ccc(NC(=O)CN2C(=O)S/C(=C/c3ccc(OCc4ccccc4Cl)c(OC)c3)C2=O)cc1Cl. The van der Waals surface area contributed by atoms with Crippen LogP contribution in [0.2, 0.25) is 10.0 Å². The summed E-state index contributed by atoms with van der Waals surface area (Å²) in [4.78, 5) is 38.9. The number of nitrogens with zero attached hydrogens (tertiary/aromatic N) is 1. The molecule has 0 spiro atoms. The predicted molar refractivity (Wildman–Crippen MR) is 148 cm³/mol. The Balaban J connectivity index is 1.42. The van der Waals surface area contributed by atoms with Crippen LogP contribution < -0.4 is 19.5 Å². The van der Waals surface area contributed by atoms with E-state index in [1.54, 1.807) is 42.5 Å². The maximum Gasteiger partial charge on any atom is 0.294 e. The van der Waals surface area contributed by atoms with Crippen LogP contribution in [0.25, 0.3) is 6.08 Å². The second kappa shape index (κ2) is 12.3. The van der Waals surface area contributed by atoms with Crippen LogP contribution in [0.5, 0.6) is 17.2 Å². The van der Waals surface area contributed by atoms with Crippen molar-refractivity contribution in [3.63, 3.8) is 0 Å². The number of nitrogens with one attached hydrogen (secondary N) is 1. The quantitative estimate of drug-likeness (QED) is 0.302. The summed E-state index contributed by atoms with van der Waals surface area (Å²) in [5, 5.41) is 2.99. The number of amides is 3. The number of hydrogen-bond donors (Lipinski definition) is 1. The largest absolute Gasteiger partial charge is 0.495 e. The molecule has 3 aromatic rings. The Hall–Kier alpha value is -3.66. The van der Waals surface area contributed by atoms with E-state index in [2.05, 4.69) is 5.32 Å². The van der Waals surface area contributed by atoms with Gasteiger partial charge in [-0.15, -0.1) is 0 Å². The van der Waals surface area contributed by atoms with Gasteiger partial charge in [-0.3, -0.25) is 19.3 Å². The number of thioether (sulfide) groups is 1. The molecule has 1 aliphatic heterocycles. The van der Waals surface area contributed by atoms with E-state index >= 15 is 0 Å². The van der Waals surface area contributed by atoms with E-state index in [0.29, 0.717) is 38.5 Å². The molecular weight excluding hydrogens is 551 g/mol. The summed E-state index contributed by atoms with van der Waals surface area (Å²) in [6.45, 7) is -0.192. The third-order valence-electron chi connectivity index (χ3n) is 5.44. The Kier molecular flexibility index (Phi) is 8.83. The number of halogens is 2. The first kappa shape index (κ1) is 27.4. The van der Waals surface area contributed by atoms with Crippen molar-refractivity contribution >= 4 is 63.8 Å². The lowest BCUT2D eigenvalue weighted by Crippen LogP contribution is -2.36. The number of imide groups is 1. The van der Waals surface area contributed by atoms with Crippen molar-refractivity contribution in [2.75, 3.05) is 26.1 Å². The van der Waals surface area contributed by atoms with Crippen LogP contribution in [-0.4, -0.2) is 42.7 Å². The summed E-state index contributed by atoms with van der Waals surface area (Å²) in [5.41, 5.74) is 1.86. The Morgan fingerprint density at radius 2 is 1.68 bits per heavy atom. The van der Waals surface area contributed by atoms with Crippen LogP contribution in [-0.2, 0) is 16.2 Å². The van der Waals surface area contributed by atoms with Crippen LogP contribution in [0.1, 0.15) is 11.1 Å². The molecule has 0 aromatic heterocycles. The highest BCUT2D eigenvalue weighted by Gasteiger charge is 2.36. The van der Waals surface area contributed by atoms with Crippen molar-refractivity contribution in [2.45, 2.75) is 6.61 Å². The maximum atomic E-state index is 12.9. The molecule has 196 valence electrons. The minimum atomic E-state index is -0.569. The van der Waals surface area contributed by atoms with E-state index in [1.165, 1.54) is 20.3 Å². The molecule has 1 saturated heterocycles. The van der Waals surface area contributed by atoms with Gasteiger partial charge in [-0.2, -0.15) is 0 Å². The van der Waals surface area contributed by atoms with Gasteiger partial charge in [0.1, 0.15) is 18.9 Å². The molecule has 1 fully saturated rings. The van der Waals surface area contributed by atoms with Crippen molar-refractivity contribution < 1.29 is 28.6 Å². The van der Waals surface area contributed by atoms with Crippen LogP contribution >= 0.6 is 35.0 Å². The van der Waals surface area contributed by atoms with Crippen molar-refractivity contribution in [1.82, 2.24) is 4.90 Å². The van der Waals surface area contributed by atoms with Gasteiger partial charge in [0, 0.05) is 16.3 Å². The lowest BCUT2D eigenvalue weighted by molar-refractivity contribution is -0.127. The van der Waals surface area contributed by atoms with Crippen LogP contribution in [0, 0.1) is 0 Å². The first-order valence-corrected chi connectivity index (χ1v) is 12.8. The molecule has 3 aromatic carbocycles. The fourth-order valence-corrected chi connectivity index (χ4v) is 4.83. The summed E-state index contributed by atoms with van der Waals surface area (Å²) in [6.07, 6.45) is 1.56. The highest BCUT2D eigenvalue weighted by Crippen LogP contribution is 2.35. The van der Waals surface area contributed by atoms with E-state index in [4.69, 9.17) is 37.4 Å². The number of carbonyl (C=O) groups excluding carboxylic acids is 3. The van der Waals surface area contributed by atoms with Crippen LogP contribution in [0.3, 0.4) is 0 Å². The fraction of sp³-hybridized carbons (Fsp3) is 0.148. The molecule has 1 heterocycles. The van der Waals surface area contributed by atoms with Crippen molar-refractivity contribution in [2.24, 2.45) is 0 Å². The number of methoxy groups -OCH3 is 2. The normalized spacial score (nSPS) is 14.1. The monoisotopic (exact) mass is 572 g/mol. The zero-order valence-corrected chi connectivity index (χ0v) is 22.7. The summed E-state index contributed by atoms with van der Waals surface area (Å²) >= 11 is 13.0. The summed E-state index contributed by atoms with van der Waals surface area (Å²) in [6, 6.07) is 17.2. The second-order valence-corrected chi connectivity index (χ2v) is 9.76. The van der Waals surface area contributed by atoms with Gasteiger partial charge in [-0.1, -0.05) is 47.5 Å². The number of rotatable bonds is 9. The van der Waals surface area contributed by atoms with Crippen LogP contribution in [0.15, 0.2) is 65.6 Å². The zero-order valence-electron chi connectivity index (χ0n) is 20.3. The standard InChI is InChI=1S/C27H22Cl2N2O6S/c1-35-21-10-8-18(13-20(21)29)30-25(32)14-31-26(33)24(38-27(31)34)12-16-7-9-22(23(11-16)36-2)37-15-17-5-3-4-6-19(17)28/h3-13H,14-15H2,1-2H3,(H,30,32)/b24-12+. The lowest BCUT2D eigenvalue weighted by atomic mass is 10.1. The van der Waals surface area contributed by atoms with Crippen molar-refractivity contribution in [3.05, 3.63) is 86.7 Å². The average molecular weight is 573 g/mol. The highest BCUT2D eigenvalue weighted by molar-refractivity contribution is 8.18. The van der Waals surface area contributed by atoms with Gasteiger partial charge in [-0.05, 0) is 59.8 Å². The van der Waals surface area contributed by atoms with Gasteiger partial charge >= 0.3 is 0 Å². The van der Waals surface area contributed by atoms with Gasteiger partial charge in [0.25, 0.3) is 11.1 Å². The molecule has 0 bridgehead atoms. The van der Waals surface area contributed by atoms with E-state index in [0.717, 1.165) is 22.2 Å². The number of hydrogen-bond acceptors (Lipinski definition) is 7. The molecule has 1 aliphatic rings. The van der Waals surface area contributed by atoms with Gasteiger partial charge in [0.05, 0.1) is 24.1 Å². The van der Waals surface area contributed by atoms with Crippen molar-refractivity contribution in [3.8, 4) is 17.2 Å². The molecule has 0 unspecified atom stereocenters. The first-order chi connectivity index (χ1) is 18.3. The summed E-state index contributed by atoms with van der Waals surface area (Å²) in [5.74, 6) is 0.283. The molecule has 3 amide bonds. The van der Waals surface area contributed by atoms with Crippen molar-refractivity contribution in [1.29, 1.82) is 0 Å². The third kappa shape index (κ3) is 6.42. The van der Waals surface area contributed by atoms with E-state index < -0.39 is 23.6 Å². The van der Waals surface area contributed by atoms with E-state index in [9.17, 15) is 14.4 Å². The Morgan fingerprint density at radius 3 is 2.39 bits per heavy atom. The van der Waals surface area contributed by atoms with E-state index in [1.807, 2.05) is 18.2 Å². The number of ether oxygens (including phenoxy) is 3. The first-order valence-electron chi connectivity index (χ1n) is 11.2. The molecular formula is C27H22Cl2N2O6S. The molecule has 1 N–H and O–H groups in total. The van der Waals surface area contributed by atoms with Gasteiger partial charge in [-0.25, -0.2) is 0 Å². The fourth-order valence-electron chi connectivity index (χ4n) is 3.54. The molecule has 11 heteroatoms. The van der Waals surface area contributed by atoms with Crippen LogP contribution in [0.4, 0.5) is 10.5 Å². The molecule has 8 nitrogen and oxygen atoms in total. The second-order valence-electron chi connectivity index (χ2n) is 7.96. The molecule has 4 rings (SSSR count). The minimum absolute atomic E-state index is 0.182. The lowest BCUT2D eigenvalue weighted by Gasteiger charge is -2.13. The number of carbonyl (C=O) groups is 3. The average Bonchev–Trinajstić information content (AvgIpc) is 3.15. The van der Waals surface area contributed by atoms with E-state index in [-0.39, 0.29) is 11.5 Å². The molecule has 0 radical (unpaired) electrons. The topological polar surface area (TPSA) is 94.2 Å².